The maximum atomic E-state index is 12.3. The second kappa shape index (κ2) is 6.82. The Kier molecular flexibility index (Phi) is 5.41. The number of carbonyl (C=O) groups excluding carboxylic acids is 1. The predicted octanol–water partition coefficient (Wildman–Crippen LogP) is 1.83. The number of oxime groups is 1. The van der Waals surface area contributed by atoms with Crippen molar-refractivity contribution in [3.8, 4) is 0 Å². The molecule has 106 valence electrons. The molecule has 0 saturated carbocycles. The predicted molar refractivity (Wildman–Crippen MR) is 72.3 cm³/mol. The highest BCUT2D eigenvalue weighted by atomic mass is 16.4. The molecule has 0 aliphatic carbocycles. The molecule has 0 saturated heterocycles. The van der Waals surface area contributed by atoms with Gasteiger partial charge in [-0.2, -0.15) is 0 Å². The first kappa shape index (κ1) is 15.1. The van der Waals surface area contributed by atoms with E-state index in [-0.39, 0.29) is 17.8 Å². The molecule has 6 heteroatoms. The van der Waals surface area contributed by atoms with Gasteiger partial charge in [0.25, 0.3) is 5.91 Å². The average molecular weight is 267 g/mol. The molecular formula is C13H21N3O3. The van der Waals surface area contributed by atoms with Crippen molar-refractivity contribution in [2.24, 2.45) is 10.9 Å². The van der Waals surface area contributed by atoms with Crippen molar-refractivity contribution >= 4 is 11.7 Å². The van der Waals surface area contributed by atoms with Gasteiger partial charge in [0.1, 0.15) is 11.6 Å². The van der Waals surface area contributed by atoms with E-state index in [1.54, 1.807) is 17.0 Å². The van der Waals surface area contributed by atoms with Gasteiger partial charge >= 0.3 is 0 Å². The van der Waals surface area contributed by atoms with Gasteiger partial charge in [-0.1, -0.05) is 12.1 Å². The smallest absolute Gasteiger partial charge is 0.289 e. The fourth-order valence-corrected chi connectivity index (χ4v) is 1.70. The highest BCUT2D eigenvalue weighted by molar-refractivity contribution is 5.92. The van der Waals surface area contributed by atoms with Crippen LogP contribution in [-0.4, -0.2) is 34.4 Å². The maximum absolute atomic E-state index is 12.3. The van der Waals surface area contributed by atoms with Crippen molar-refractivity contribution in [2.75, 3.05) is 6.54 Å². The van der Waals surface area contributed by atoms with Gasteiger partial charge in [-0.25, -0.2) is 0 Å². The van der Waals surface area contributed by atoms with Gasteiger partial charge in [0, 0.05) is 25.4 Å². The van der Waals surface area contributed by atoms with Crippen LogP contribution in [0.3, 0.4) is 0 Å². The summed E-state index contributed by atoms with van der Waals surface area (Å²) >= 11 is 0. The van der Waals surface area contributed by atoms with E-state index >= 15 is 0 Å². The second-order valence-electron chi connectivity index (χ2n) is 4.55. The van der Waals surface area contributed by atoms with Crippen LogP contribution in [0.1, 0.15) is 43.5 Å². The number of nitrogens with two attached hydrogens (primary N) is 1. The summed E-state index contributed by atoms with van der Waals surface area (Å²) < 4.78 is 5.46. The SMILES string of the molecule is CCc1ccc(C(=O)N(CCC(N)=NO)C(C)C)o1. The Balaban J connectivity index is 2.78. The molecule has 0 bridgehead atoms. The fourth-order valence-electron chi connectivity index (χ4n) is 1.70. The summed E-state index contributed by atoms with van der Waals surface area (Å²) in [6, 6.07) is 3.49. The Labute approximate surface area is 112 Å². The number of rotatable bonds is 6. The monoisotopic (exact) mass is 267 g/mol. The Bertz CT molecular complexity index is 452. The Morgan fingerprint density at radius 2 is 2.21 bits per heavy atom. The lowest BCUT2D eigenvalue weighted by molar-refractivity contribution is 0.0676. The van der Waals surface area contributed by atoms with E-state index in [4.69, 9.17) is 15.4 Å². The molecule has 0 unspecified atom stereocenters. The molecule has 0 aliphatic heterocycles. The minimum absolute atomic E-state index is 0.00849. The number of nitrogens with zero attached hydrogens (tertiary/aromatic N) is 2. The summed E-state index contributed by atoms with van der Waals surface area (Å²) in [6.45, 7) is 6.17. The Hall–Kier alpha value is -1.98. The zero-order chi connectivity index (χ0) is 14.4. The van der Waals surface area contributed by atoms with Gasteiger partial charge < -0.3 is 20.3 Å². The lowest BCUT2D eigenvalue weighted by Crippen LogP contribution is -2.39. The van der Waals surface area contributed by atoms with Crippen LogP contribution in [0, 0.1) is 0 Å². The van der Waals surface area contributed by atoms with E-state index in [1.807, 2.05) is 20.8 Å². The largest absolute Gasteiger partial charge is 0.456 e. The molecule has 0 radical (unpaired) electrons. The molecule has 3 N–H and O–H groups in total. The molecule has 1 amide bonds. The van der Waals surface area contributed by atoms with Crippen molar-refractivity contribution in [3.63, 3.8) is 0 Å². The van der Waals surface area contributed by atoms with Gasteiger partial charge in [-0.05, 0) is 26.0 Å². The van der Waals surface area contributed by atoms with Gasteiger partial charge in [0.2, 0.25) is 0 Å². The third-order valence-corrected chi connectivity index (χ3v) is 2.84. The number of aryl methyl sites for hydroxylation is 1. The lowest BCUT2D eigenvalue weighted by atomic mass is 10.2. The highest BCUT2D eigenvalue weighted by Gasteiger charge is 2.21. The van der Waals surface area contributed by atoms with Crippen LogP contribution in [0.25, 0.3) is 0 Å². The zero-order valence-corrected chi connectivity index (χ0v) is 11.6. The molecule has 1 aromatic rings. The van der Waals surface area contributed by atoms with Crippen molar-refractivity contribution < 1.29 is 14.4 Å². The summed E-state index contributed by atoms with van der Waals surface area (Å²) in [5, 5.41) is 11.4. The van der Waals surface area contributed by atoms with Crippen LogP contribution in [-0.2, 0) is 6.42 Å². The quantitative estimate of drug-likeness (QED) is 0.356. The van der Waals surface area contributed by atoms with Crippen molar-refractivity contribution in [1.82, 2.24) is 4.90 Å². The number of amides is 1. The van der Waals surface area contributed by atoms with Crippen molar-refractivity contribution in [3.05, 3.63) is 23.7 Å². The summed E-state index contributed by atoms with van der Waals surface area (Å²) in [5.74, 6) is 1.03. The van der Waals surface area contributed by atoms with Gasteiger partial charge in [-0.15, -0.1) is 0 Å². The summed E-state index contributed by atoms with van der Waals surface area (Å²) in [7, 11) is 0. The van der Waals surface area contributed by atoms with Crippen LogP contribution in [0.15, 0.2) is 21.7 Å². The van der Waals surface area contributed by atoms with E-state index in [9.17, 15) is 4.79 Å². The molecule has 0 fully saturated rings. The van der Waals surface area contributed by atoms with Crippen LogP contribution in [0.5, 0.6) is 0 Å². The van der Waals surface area contributed by atoms with Crippen LogP contribution >= 0.6 is 0 Å². The summed E-state index contributed by atoms with van der Waals surface area (Å²) in [6.07, 6.45) is 1.07. The first-order chi connectivity index (χ1) is 8.99. The van der Waals surface area contributed by atoms with Gasteiger partial charge in [-0.3, -0.25) is 4.79 Å². The molecule has 0 aromatic carbocycles. The molecule has 0 spiro atoms. The van der Waals surface area contributed by atoms with E-state index < -0.39 is 0 Å². The normalized spacial score (nSPS) is 11.9. The van der Waals surface area contributed by atoms with E-state index in [0.717, 1.165) is 12.2 Å². The molecule has 19 heavy (non-hydrogen) atoms. The van der Waals surface area contributed by atoms with Gasteiger partial charge in [0.15, 0.2) is 5.76 Å². The molecule has 1 heterocycles. The third-order valence-electron chi connectivity index (χ3n) is 2.84. The van der Waals surface area contributed by atoms with Crippen LogP contribution < -0.4 is 5.73 Å². The molecule has 1 aromatic heterocycles. The van der Waals surface area contributed by atoms with Crippen LogP contribution in [0.2, 0.25) is 0 Å². The summed E-state index contributed by atoms with van der Waals surface area (Å²) in [5.41, 5.74) is 5.42. The molecule has 0 atom stereocenters. The van der Waals surface area contributed by atoms with Gasteiger partial charge in [0.05, 0.1) is 0 Å². The number of amidine groups is 1. The lowest BCUT2D eigenvalue weighted by Gasteiger charge is -2.25. The summed E-state index contributed by atoms with van der Waals surface area (Å²) in [4.78, 5) is 13.9. The standard InChI is InChI=1S/C13H21N3O3/c1-4-10-5-6-11(19-10)13(17)16(9(2)3)8-7-12(14)15-18/h5-6,9,18H,4,7-8H2,1-3H3,(H2,14,15). The maximum Gasteiger partial charge on any atom is 0.289 e. The average Bonchev–Trinajstić information content (AvgIpc) is 2.86. The highest BCUT2D eigenvalue weighted by Crippen LogP contribution is 2.13. The Morgan fingerprint density at radius 3 is 2.68 bits per heavy atom. The minimum Gasteiger partial charge on any atom is -0.456 e. The number of carbonyl (C=O) groups is 1. The van der Waals surface area contributed by atoms with Crippen molar-refractivity contribution in [1.29, 1.82) is 0 Å². The first-order valence-corrected chi connectivity index (χ1v) is 6.35. The minimum atomic E-state index is -0.180. The van der Waals surface area contributed by atoms with E-state index in [2.05, 4.69) is 5.16 Å². The molecule has 0 aliphatic rings. The second-order valence-corrected chi connectivity index (χ2v) is 4.55. The third kappa shape index (κ3) is 4.01. The number of hydrogen-bond acceptors (Lipinski definition) is 4. The van der Waals surface area contributed by atoms with E-state index in [1.165, 1.54) is 0 Å². The number of furan rings is 1. The Morgan fingerprint density at radius 1 is 1.53 bits per heavy atom. The molecule has 1 rings (SSSR count). The molecule has 6 nitrogen and oxygen atoms in total. The van der Waals surface area contributed by atoms with Crippen molar-refractivity contribution in [2.45, 2.75) is 39.7 Å². The van der Waals surface area contributed by atoms with E-state index in [0.29, 0.717) is 18.7 Å². The topological polar surface area (TPSA) is 92.1 Å². The fraction of sp³-hybridized carbons (Fsp3) is 0.538. The molecular weight excluding hydrogens is 246 g/mol. The number of hydrogen-bond donors (Lipinski definition) is 2. The first-order valence-electron chi connectivity index (χ1n) is 6.35. The van der Waals surface area contributed by atoms with Crippen LogP contribution in [0.4, 0.5) is 0 Å². The zero-order valence-electron chi connectivity index (χ0n) is 11.6.